The summed E-state index contributed by atoms with van der Waals surface area (Å²) in [6.45, 7) is 4.55. The molecule has 0 aliphatic rings. The van der Waals surface area contributed by atoms with Crippen LogP contribution in [0, 0.1) is 6.92 Å². The highest BCUT2D eigenvalue weighted by atomic mass is 32.2. The van der Waals surface area contributed by atoms with Crippen LogP contribution in [0.25, 0.3) is 0 Å². The van der Waals surface area contributed by atoms with Crippen molar-refractivity contribution in [2.24, 2.45) is 0 Å². The number of hydrogen-bond donors (Lipinski definition) is 1. The van der Waals surface area contributed by atoms with Crippen LogP contribution < -0.4 is 10.1 Å². The first-order valence-corrected chi connectivity index (χ1v) is 8.96. The van der Waals surface area contributed by atoms with Gasteiger partial charge in [-0.3, -0.25) is 4.79 Å². The molecule has 0 aliphatic carbocycles. The van der Waals surface area contributed by atoms with E-state index in [1.54, 1.807) is 18.0 Å². The van der Waals surface area contributed by atoms with Crippen LogP contribution in [0.3, 0.4) is 0 Å². The molecule has 4 nitrogen and oxygen atoms in total. The lowest BCUT2D eigenvalue weighted by Gasteiger charge is -2.18. The lowest BCUT2D eigenvalue weighted by Crippen LogP contribution is -2.39. The molecule has 0 saturated heterocycles. The van der Waals surface area contributed by atoms with Crippen molar-refractivity contribution >= 4 is 17.7 Å². The lowest BCUT2D eigenvalue weighted by molar-refractivity contribution is -0.128. The van der Waals surface area contributed by atoms with E-state index in [0.29, 0.717) is 13.0 Å². The Balaban J connectivity index is 1.71. The van der Waals surface area contributed by atoms with E-state index in [1.165, 1.54) is 0 Å². The van der Waals surface area contributed by atoms with Gasteiger partial charge in [0.2, 0.25) is 0 Å². The highest BCUT2D eigenvalue weighted by Gasteiger charge is 2.18. The fourth-order valence-corrected chi connectivity index (χ4v) is 2.85. The van der Waals surface area contributed by atoms with Gasteiger partial charge in [-0.1, -0.05) is 25.1 Å². The third kappa shape index (κ3) is 5.67. The molecule has 1 atom stereocenters. The Labute approximate surface area is 141 Å². The largest absolute Gasteiger partial charge is 0.480 e. The zero-order chi connectivity index (χ0) is 16.5. The van der Waals surface area contributed by atoms with Crippen molar-refractivity contribution in [3.8, 4) is 5.75 Å². The molecule has 1 heterocycles. The fraction of sp³-hybridized carbons (Fsp3) is 0.389. The number of hydrogen-bond acceptors (Lipinski definition) is 4. The molecule has 0 bridgehead atoms. The van der Waals surface area contributed by atoms with Crippen molar-refractivity contribution in [3.05, 3.63) is 54.0 Å². The first-order chi connectivity index (χ1) is 11.2. The summed E-state index contributed by atoms with van der Waals surface area (Å²) in [7, 11) is 0. The van der Waals surface area contributed by atoms with Crippen LogP contribution in [-0.4, -0.2) is 24.3 Å². The molecule has 23 heavy (non-hydrogen) atoms. The van der Waals surface area contributed by atoms with Gasteiger partial charge in [-0.2, -0.15) is 11.8 Å². The first-order valence-electron chi connectivity index (χ1n) is 7.80. The quantitative estimate of drug-likeness (QED) is 0.709. The van der Waals surface area contributed by atoms with Gasteiger partial charge in [0.15, 0.2) is 6.10 Å². The van der Waals surface area contributed by atoms with E-state index >= 15 is 0 Å². The average Bonchev–Trinajstić information content (AvgIpc) is 3.07. The fourth-order valence-electron chi connectivity index (χ4n) is 2.09. The van der Waals surface area contributed by atoms with Gasteiger partial charge in [-0.15, -0.1) is 0 Å². The van der Waals surface area contributed by atoms with Crippen molar-refractivity contribution < 1.29 is 13.9 Å². The van der Waals surface area contributed by atoms with E-state index in [2.05, 4.69) is 5.32 Å². The zero-order valence-electron chi connectivity index (χ0n) is 13.6. The molecule has 0 unspecified atom stereocenters. The van der Waals surface area contributed by atoms with Crippen LogP contribution in [0.4, 0.5) is 0 Å². The van der Waals surface area contributed by atoms with E-state index in [0.717, 1.165) is 28.6 Å². The Hall–Kier alpha value is -1.88. The molecular formula is C18H23NO3S. The van der Waals surface area contributed by atoms with E-state index in [1.807, 2.05) is 50.2 Å². The molecule has 124 valence electrons. The Bertz CT molecular complexity index is 598. The highest BCUT2D eigenvalue weighted by molar-refractivity contribution is 7.98. The Morgan fingerprint density at radius 2 is 2.13 bits per heavy atom. The van der Waals surface area contributed by atoms with Gasteiger partial charge >= 0.3 is 0 Å². The third-order valence-corrected chi connectivity index (χ3v) is 4.38. The van der Waals surface area contributed by atoms with Crippen molar-refractivity contribution in [2.75, 3.05) is 12.3 Å². The summed E-state index contributed by atoms with van der Waals surface area (Å²) in [5.74, 6) is 3.32. The number of aryl methyl sites for hydroxylation is 1. The first kappa shape index (κ1) is 17.5. The van der Waals surface area contributed by atoms with Gasteiger partial charge < -0.3 is 14.5 Å². The number of para-hydroxylation sites is 1. The number of benzene rings is 1. The molecule has 0 spiro atoms. The number of amides is 1. The van der Waals surface area contributed by atoms with Gasteiger partial charge in [0, 0.05) is 12.3 Å². The second-order valence-electron chi connectivity index (χ2n) is 5.20. The molecule has 1 aromatic heterocycles. The summed E-state index contributed by atoms with van der Waals surface area (Å²) in [4.78, 5) is 12.2. The SMILES string of the molecule is CC[C@H](Oc1ccccc1C)C(=O)NCCSCc1ccco1. The predicted molar refractivity (Wildman–Crippen MR) is 93.8 cm³/mol. The maximum absolute atomic E-state index is 12.2. The van der Waals surface area contributed by atoms with Crippen molar-refractivity contribution in [1.29, 1.82) is 0 Å². The van der Waals surface area contributed by atoms with Crippen LogP contribution in [0.1, 0.15) is 24.7 Å². The van der Waals surface area contributed by atoms with E-state index < -0.39 is 6.10 Å². The monoisotopic (exact) mass is 333 g/mol. The summed E-state index contributed by atoms with van der Waals surface area (Å²) in [5.41, 5.74) is 1.03. The van der Waals surface area contributed by atoms with Crippen LogP contribution in [0.2, 0.25) is 0 Å². The molecule has 5 heteroatoms. The molecule has 1 amide bonds. The van der Waals surface area contributed by atoms with Crippen molar-refractivity contribution in [3.63, 3.8) is 0 Å². The molecule has 2 aromatic rings. The second kappa shape index (κ2) is 9.30. The summed E-state index contributed by atoms with van der Waals surface area (Å²) < 4.78 is 11.1. The Morgan fingerprint density at radius 3 is 2.83 bits per heavy atom. The van der Waals surface area contributed by atoms with Gasteiger partial charge in [0.25, 0.3) is 5.91 Å². The maximum Gasteiger partial charge on any atom is 0.261 e. The molecule has 1 aromatic carbocycles. The Morgan fingerprint density at radius 1 is 1.30 bits per heavy atom. The molecule has 2 rings (SSSR count). The summed E-state index contributed by atoms with van der Waals surface area (Å²) >= 11 is 1.73. The highest BCUT2D eigenvalue weighted by Crippen LogP contribution is 2.19. The number of nitrogens with one attached hydrogen (secondary N) is 1. The van der Waals surface area contributed by atoms with Gasteiger partial charge in [-0.25, -0.2) is 0 Å². The predicted octanol–water partition coefficient (Wildman–Crippen LogP) is 3.80. The molecule has 0 saturated carbocycles. The number of carbonyl (C=O) groups excluding carboxylic acids is 1. The van der Waals surface area contributed by atoms with Crippen LogP contribution in [-0.2, 0) is 10.5 Å². The number of thioether (sulfide) groups is 1. The van der Waals surface area contributed by atoms with Crippen molar-refractivity contribution in [2.45, 2.75) is 32.1 Å². The molecular weight excluding hydrogens is 310 g/mol. The van der Waals surface area contributed by atoms with Gasteiger partial charge in [-0.05, 0) is 37.1 Å². The number of furan rings is 1. The maximum atomic E-state index is 12.2. The molecule has 1 N–H and O–H groups in total. The van der Waals surface area contributed by atoms with Crippen LogP contribution in [0.15, 0.2) is 47.1 Å². The zero-order valence-corrected chi connectivity index (χ0v) is 14.4. The number of ether oxygens (including phenoxy) is 1. The third-order valence-electron chi connectivity index (χ3n) is 3.40. The van der Waals surface area contributed by atoms with E-state index in [4.69, 9.17) is 9.15 Å². The van der Waals surface area contributed by atoms with Crippen LogP contribution >= 0.6 is 11.8 Å². The van der Waals surface area contributed by atoms with Gasteiger partial charge in [0.1, 0.15) is 11.5 Å². The Kier molecular flexibility index (Phi) is 7.07. The molecule has 0 fully saturated rings. The summed E-state index contributed by atoms with van der Waals surface area (Å²) in [6, 6.07) is 11.6. The van der Waals surface area contributed by atoms with E-state index in [-0.39, 0.29) is 5.91 Å². The summed E-state index contributed by atoms with van der Waals surface area (Å²) in [5, 5.41) is 2.94. The minimum Gasteiger partial charge on any atom is -0.480 e. The molecule has 0 aliphatic heterocycles. The topological polar surface area (TPSA) is 51.5 Å². The summed E-state index contributed by atoms with van der Waals surface area (Å²) in [6.07, 6.45) is 1.86. The van der Waals surface area contributed by atoms with Crippen molar-refractivity contribution in [1.82, 2.24) is 5.32 Å². The standard InChI is InChI=1S/C18H23NO3S/c1-3-16(22-17-9-5-4-7-14(17)2)18(20)19-10-12-23-13-15-8-6-11-21-15/h4-9,11,16H,3,10,12-13H2,1-2H3,(H,19,20)/t16-/m0/s1. The van der Waals surface area contributed by atoms with Crippen LogP contribution in [0.5, 0.6) is 5.75 Å². The smallest absolute Gasteiger partial charge is 0.261 e. The molecule has 0 radical (unpaired) electrons. The number of carbonyl (C=O) groups is 1. The number of rotatable bonds is 9. The normalized spacial score (nSPS) is 11.9. The van der Waals surface area contributed by atoms with E-state index in [9.17, 15) is 4.79 Å². The minimum atomic E-state index is -0.453. The average molecular weight is 333 g/mol. The van der Waals surface area contributed by atoms with Gasteiger partial charge in [0.05, 0.1) is 12.0 Å². The lowest BCUT2D eigenvalue weighted by atomic mass is 10.2. The minimum absolute atomic E-state index is 0.0608. The second-order valence-corrected chi connectivity index (χ2v) is 6.31.